The van der Waals surface area contributed by atoms with E-state index in [1.54, 1.807) is 0 Å². The van der Waals surface area contributed by atoms with Crippen molar-refractivity contribution in [3.05, 3.63) is 35.6 Å². The van der Waals surface area contributed by atoms with Crippen LogP contribution in [0.25, 0.3) is 0 Å². The van der Waals surface area contributed by atoms with Crippen molar-refractivity contribution in [1.82, 2.24) is 5.32 Å². The summed E-state index contributed by atoms with van der Waals surface area (Å²) in [7, 11) is 0. The number of carbonyl (C=O) groups excluding carboxylic acids is 2. The van der Waals surface area contributed by atoms with Gasteiger partial charge in [0.1, 0.15) is 17.7 Å². The average Bonchev–Trinajstić information content (AvgIpc) is 2.66. The Balaban J connectivity index is 2.95. The first kappa shape index (κ1) is 26.8. The van der Waals surface area contributed by atoms with Crippen LogP contribution in [0.15, 0.2) is 24.3 Å². The van der Waals surface area contributed by atoms with Crippen molar-refractivity contribution in [1.29, 1.82) is 0 Å². The highest BCUT2D eigenvalue weighted by atomic mass is 19.4. The summed E-state index contributed by atoms with van der Waals surface area (Å²) in [6.45, 7) is 1.30. The van der Waals surface area contributed by atoms with Crippen LogP contribution >= 0.6 is 0 Å². The lowest BCUT2D eigenvalue weighted by Gasteiger charge is -2.54. The first-order valence-corrected chi connectivity index (χ1v) is 9.51. The third kappa shape index (κ3) is 4.64. The maximum Gasteiger partial charge on any atom is 0.432 e. The maximum atomic E-state index is 14.0. The molecule has 186 valence electrons. The van der Waals surface area contributed by atoms with E-state index in [1.807, 2.05) is 0 Å². The Hall–Kier alpha value is -2.45. The molecule has 1 saturated heterocycles. The maximum absolute atomic E-state index is 14.0. The van der Waals surface area contributed by atoms with Gasteiger partial charge in [-0.15, -0.1) is 0 Å². The molecule has 33 heavy (non-hydrogen) atoms. The van der Waals surface area contributed by atoms with Crippen molar-refractivity contribution in [2.24, 2.45) is 11.8 Å². The molecule has 0 bridgehead atoms. The van der Waals surface area contributed by atoms with Crippen molar-refractivity contribution < 1.29 is 60.0 Å². The first-order chi connectivity index (χ1) is 15.0. The quantitative estimate of drug-likeness (QED) is 0.429. The van der Waals surface area contributed by atoms with Crippen LogP contribution in [0.5, 0.6) is 0 Å². The normalized spacial score (nSPS) is 30.6. The van der Waals surface area contributed by atoms with Crippen molar-refractivity contribution in [3.8, 4) is 0 Å². The molecule has 1 heterocycles. The van der Waals surface area contributed by atoms with E-state index in [-0.39, 0.29) is 0 Å². The van der Waals surface area contributed by atoms with E-state index in [0.717, 1.165) is 12.1 Å². The number of hydrogen-bond acceptors (Lipinski definition) is 7. The lowest BCUT2D eigenvalue weighted by Crippen LogP contribution is -2.81. The summed E-state index contributed by atoms with van der Waals surface area (Å²) in [5.74, 6) is -13.0. The predicted octanol–water partition coefficient (Wildman–Crippen LogP) is 2.37. The summed E-state index contributed by atoms with van der Waals surface area (Å²) in [5, 5.41) is 21.6. The fourth-order valence-corrected chi connectivity index (χ4v) is 3.82. The Morgan fingerprint density at radius 1 is 0.879 bits per heavy atom. The second kappa shape index (κ2) is 9.06. The van der Waals surface area contributed by atoms with Crippen LogP contribution in [0.2, 0.25) is 0 Å². The van der Waals surface area contributed by atoms with Crippen LogP contribution in [-0.4, -0.2) is 59.2 Å². The second-order valence-electron chi connectivity index (χ2n) is 7.19. The number of carbonyl (C=O) groups is 2. The van der Waals surface area contributed by atoms with Crippen LogP contribution in [0.4, 0.5) is 30.7 Å². The summed E-state index contributed by atoms with van der Waals surface area (Å²) in [6, 6.07) is 2.75. The van der Waals surface area contributed by atoms with Crippen LogP contribution in [0.3, 0.4) is 0 Å². The summed E-state index contributed by atoms with van der Waals surface area (Å²) >= 11 is 0. The van der Waals surface area contributed by atoms with Crippen molar-refractivity contribution >= 4 is 11.9 Å². The molecule has 1 aliphatic rings. The minimum absolute atomic E-state index is 0.535. The van der Waals surface area contributed by atoms with Crippen LogP contribution < -0.4 is 5.32 Å². The summed E-state index contributed by atoms with van der Waals surface area (Å²) < 4.78 is 106. The standard InChI is InChI=1S/C19H20F7NO6/c1-3-32-14(28)12-11(9-5-7-10(20)8-6-9)13(15(29)33-4-2)17(31,19(24,25)26)27-16(12,30)18(21,22)23/h5-8,11-13,27,30-31H,3-4H2,1-2H3. The molecule has 4 atom stereocenters. The Bertz CT molecular complexity index is 827. The molecule has 0 saturated carbocycles. The number of ether oxygens (including phenoxy) is 2. The Morgan fingerprint density at radius 2 is 1.24 bits per heavy atom. The van der Waals surface area contributed by atoms with Crippen LogP contribution in [0.1, 0.15) is 25.3 Å². The number of benzene rings is 1. The zero-order chi connectivity index (χ0) is 25.4. The van der Waals surface area contributed by atoms with Gasteiger partial charge in [-0.3, -0.25) is 9.59 Å². The summed E-state index contributed by atoms with van der Waals surface area (Å²) in [4.78, 5) is 25.2. The van der Waals surface area contributed by atoms with Gasteiger partial charge in [0.25, 0.3) is 0 Å². The van der Waals surface area contributed by atoms with Gasteiger partial charge in [0.05, 0.1) is 13.2 Å². The zero-order valence-electron chi connectivity index (χ0n) is 17.1. The molecular weight excluding hydrogens is 471 g/mol. The van der Waals surface area contributed by atoms with Crippen LogP contribution in [-0.2, 0) is 19.1 Å². The number of aliphatic hydroxyl groups is 2. The van der Waals surface area contributed by atoms with Crippen molar-refractivity contribution in [2.75, 3.05) is 13.2 Å². The van der Waals surface area contributed by atoms with E-state index in [1.165, 1.54) is 13.8 Å². The molecule has 4 unspecified atom stereocenters. The van der Waals surface area contributed by atoms with Gasteiger partial charge in [-0.2, -0.15) is 26.3 Å². The van der Waals surface area contributed by atoms with E-state index >= 15 is 0 Å². The molecule has 0 aliphatic carbocycles. The van der Waals surface area contributed by atoms with Gasteiger partial charge in [-0.25, -0.2) is 9.71 Å². The van der Waals surface area contributed by atoms with Gasteiger partial charge in [0.2, 0.25) is 11.4 Å². The highest BCUT2D eigenvalue weighted by Gasteiger charge is 2.78. The lowest BCUT2D eigenvalue weighted by atomic mass is 9.64. The van der Waals surface area contributed by atoms with Crippen molar-refractivity contribution in [2.45, 2.75) is 43.6 Å². The highest BCUT2D eigenvalue weighted by Crippen LogP contribution is 2.55. The second-order valence-corrected chi connectivity index (χ2v) is 7.19. The molecule has 1 fully saturated rings. The molecule has 14 heteroatoms. The van der Waals surface area contributed by atoms with Gasteiger partial charge < -0.3 is 19.7 Å². The molecule has 0 aromatic heterocycles. The van der Waals surface area contributed by atoms with Gasteiger partial charge in [0, 0.05) is 5.92 Å². The molecule has 0 radical (unpaired) electrons. The van der Waals surface area contributed by atoms with Gasteiger partial charge >= 0.3 is 24.3 Å². The molecule has 1 aromatic rings. The van der Waals surface area contributed by atoms with E-state index in [0.29, 0.717) is 17.4 Å². The Kier molecular flexibility index (Phi) is 7.36. The van der Waals surface area contributed by atoms with Gasteiger partial charge in [-0.05, 0) is 31.5 Å². The fourth-order valence-electron chi connectivity index (χ4n) is 3.82. The molecule has 0 amide bonds. The number of hydrogen-bond donors (Lipinski definition) is 3. The van der Waals surface area contributed by atoms with Gasteiger partial charge in [0.15, 0.2) is 0 Å². The third-order valence-electron chi connectivity index (χ3n) is 5.20. The SMILES string of the molecule is CCOC(=O)C1C(c2ccc(F)cc2)C(C(=O)OCC)C(O)(C(F)(F)F)NC1(O)C(F)(F)F. The highest BCUT2D eigenvalue weighted by molar-refractivity contribution is 5.81. The lowest BCUT2D eigenvalue weighted by molar-refractivity contribution is -0.376. The number of alkyl halides is 6. The number of halogens is 7. The fraction of sp³-hybridized carbons (Fsp3) is 0.579. The molecule has 1 aliphatic heterocycles. The average molecular weight is 491 g/mol. The monoisotopic (exact) mass is 491 g/mol. The van der Waals surface area contributed by atoms with Crippen molar-refractivity contribution in [3.63, 3.8) is 0 Å². The molecule has 3 N–H and O–H groups in total. The topological polar surface area (TPSA) is 105 Å². The van der Waals surface area contributed by atoms with E-state index < -0.39 is 78.1 Å². The first-order valence-electron chi connectivity index (χ1n) is 9.51. The Labute approximate surface area is 182 Å². The van der Waals surface area contributed by atoms with E-state index in [9.17, 15) is 50.5 Å². The molecular formula is C19H20F7NO6. The zero-order valence-corrected chi connectivity index (χ0v) is 17.1. The third-order valence-corrected chi connectivity index (χ3v) is 5.20. The van der Waals surface area contributed by atoms with Crippen LogP contribution in [0, 0.1) is 17.7 Å². The summed E-state index contributed by atoms with van der Waals surface area (Å²) in [6.07, 6.45) is -12.0. The number of piperidine rings is 1. The smallest absolute Gasteiger partial charge is 0.432 e. The molecule has 7 nitrogen and oxygen atoms in total. The molecule has 0 spiro atoms. The number of rotatable bonds is 5. The minimum Gasteiger partial charge on any atom is -0.466 e. The Morgan fingerprint density at radius 3 is 1.55 bits per heavy atom. The largest absolute Gasteiger partial charge is 0.466 e. The predicted molar refractivity (Wildman–Crippen MR) is 94.5 cm³/mol. The molecule has 2 rings (SSSR count). The molecule has 1 aromatic carbocycles. The van der Waals surface area contributed by atoms with Gasteiger partial charge in [-0.1, -0.05) is 12.1 Å². The summed E-state index contributed by atoms with van der Waals surface area (Å²) in [5.41, 5.74) is -10.0. The van der Waals surface area contributed by atoms with E-state index in [2.05, 4.69) is 9.47 Å². The number of esters is 2. The van der Waals surface area contributed by atoms with E-state index in [4.69, 9.17) is 0 Å². The number of nitrogens with one attached hydrogen (secondary N) is 1. The minimum atomic E-state index is -5.98.